The van der Waals surface area contributed by atoms with Crippen LogP contribution in [-0.4, -0.2) is 14.9 Å². The first-order chi connectivity index (χ1) is 8.97. The molecule has 1 heterocycles. The normalized spacial score (nSPS) is 10.2. The number of benzene rings is 1. The van der Waals surface area contributed by atoms with Gasteiger partial charge in [0, 0.05) is 0 Å². The van der Waals surface area contributed by atoms with Crippen LogP contribution in [0, 0.1) is 15.9 Å². The van der Waals surface area contributed by atoms with Gasteiger partial charge >= 0.3 is 11.6 Å². The van der Waals surface area contributed by atoms with Crippen molar-refractivity contribution in [1.82, 2.24) is 9.97 Å². The summed E-state index contributed by atoms with van der Waals surface area (Å²) in [5.41, 5.74) is 4.85. The summed E-state index contributed by atoms with van der Waals surface area (Å²) in [6.45, 7) is 0. The molecule has 0 fully saturated rings. The average molecular weight is 285 g/mol. The van der Waals surface area contributed by atoms with E-state index < -0.39 is 16.4 Å². The number of ether oxygens (including phenoxy) is 1. The molecule has 19 heavy (non-hydrogen) atoms. The number of hydrogen-bond acceptors (Lipinski definition) is 6. The fraction of sp³-hybridized carbons (Fsp3) is 0. The number of hydrogen-bond donors (Lipinski definition) is 1. The summed E-state index contributed by atoms with van der Waals surface area (Å²) in [6.07, 6.45) is 0.912. The molecule has 98 valence electrons. The van der Waals surface area contributed by atoms with E-state index in [2.05, 4.69) is 9.97 Å². The zero-order valence-corrected chi connectivity index (χ0v) is 9.96. The maximum Gasteiger partial charge on any atom is 0.349 e. The minimum Gasteiger partial charge on any atom is -0.432 e. The summed E-state index contributed by atoms with van der Waals surface area (Å²) in [5.74, 6) is -1.11. The maximum absolute atomic E-state index is 12.9. The summed E-state index contributed by atoms with van der Waals surface area (Å²) in [6, 6.07) is 3.32. The van der Waals surface area contributed by atoms with Gasteiger partial charge in [0.05, 0.1) is 9.95 Å². The Balaban J connectivity index is 2.42. The Hall–Kier alpha value is -2.48. The zero-order valence-electron chi connectivity index (χ0n) is 9.21. The molecule has 1 aromatic carbocycles. The third kappa shape index (κ3) is 2.86. The van der Waals surface area contributed by atoms with E-state index in [0.29, 0.717) is 0 Å². The lowest BCUT2D eigenvalue weighted by molar-refractivity contribution is -0.386. The van der Waals surface area contributed by atoms with Crippen LogP contribution in [0.15, 0.2) is 24.4 Å². The van der Waals surface area contributed by atoms with Gasteiger partial charge in [-0.1, -0.05) is 11.6 Å². The van der Waals surface area contributed by atoms with Crippen molar-refractivity contribution in [3.63, 3.8) is 0 Å². The van der Waals surface area contributed by atoms with E-state index in [4.69, 9.17) is 22.1 Å². The minimum absolute atomic E-state index is 0.0178. The number of halogens is 2. The summed E-state index contributed by atoms with van der Waals surface area (Å²) in [4.78, 5) is 17.1. The first-order valence-corrected chi connectivity index (χ1v) is 5.25. The number of rotatable bonds is 3. The molecule has 0 aliphatic rings. The molecular weight excluding hydrogens is 279 g/mol. The Labute approximate surface area is 111 Å². The first-order valence-electron chi connectivity index (χ1n) is 4.87. The van der Waals surface area contributed by atoms with Crippen LogP contribution in [0.2, 0.25) is 5.02 Å². The van der Waals surface area contributed by atoms with Crippen LogP contribution in [-0.2, 0) is 0 Å². The summed E-state index contributed by atoms with van der Waals surface area (Å²) < 4.78 is 18.0. The van der Waals surface area contributed by atoms with Crippen LogP contribution in [0.4, 0.5) is 16.0 Å². The number of nitro groups is 1. The van der Waals surface area contributed by atoms with Gasteiger partial charge in [0.1, 0.15) is 17.8 Å². The lowest BCUT2D eigenvalue weighted by atomic mass is 10.3. The fourth-order valence-electron chi connectivity index (χ4n) is 1.24. The topological polar surface area (TPSA) is 104 Å². The molecule has 0 atom stereocenters. The van der Waals surface area contributed by atoms with Crippen LogP contribution in [0.3, 0.4) is 0 Å². The highest BCUT2D eigenvalue weighted by atomic mass is 35.5. The van der Waals surface area contributed by atoms with Gasteiger partial charge in [-0.3, -0.25) is 10.1 Å². The number of nitrogens with zero attached hydrogens (tertiary/aromatic N) is 3. The Bertz CT molecular complexity index is 653. The van der Waals surface area contributed by atoms with Crippen molar-refractivity contribution in [1.29, 1.82) is 0 Å². The van der Waals surface area contributed by atoms with Crippen molar-refractivity contribution >= 4 is 23.2 Å². The maximum atomic E-state index is 12.9. The molecule has 7 nitrogen and oxygen atoms in total. The van der Waals surface area contributed by atoms with Crippen molar-refractivity contribution in [2.45, 2.75) is 0 Å². The van der Waals surface area contributed by atoms with E-state index >= 15 is 0 Å². The smallest absolute Gasteiger partial charge is 0.349 e. The lowest BCUT2D eigenvalue weighted by Gasteiger charge is -2.07. The largest absolute Gasteiger partial charge is 0.432 e. The van der Waals surface area contributed by atoms with E-state index in [1.54, 1.807) is 0 Å². The van der Waals surface area contributed by atoms with Gasteiger partial charge in [0.2, 0.25) is 5.95 Å². The standard InChI is InChI=1S/C10H6ClFN4O3/c11-6-3-5(12)1-2-8(6)19-9-7(16(17)18)4-14-10(13)15-9/h1-4H,(H2,13,14,15). The zero-order chi connectivity index (χ0) is 14.0. The van der Waals surface area contributed by atoms with Crippen LogP contribution in [0.1, 0.15) is 0 Å². The number of anilines is 1. The molecule has 0 spiro atoms. The molecule has 0 bridgehead atoms. The highest BCUT2D eigenvalue weighted by molar-refractivity contribution is 6.32. The van der Waals surface area contributed by atoms with E-state index in [1.807, 2.05) is 0 Å². The lowest BCUT2D eigenvalue weighted by Crippen LogP contribution is -2.01. The van der Waals surface area contributed by atoms with Gasteiger partial charge in [0.15, 0.2) is 0 Å². The van der Waals surface area contributed by atoms with E-state index in [0.717, 1.165) is 18.3 Å². The van der Waals surface area contributed by atoms with Gasteiger partial charge in [0.25, 0.3) is 0 Å². The fourth-order valence-corrected chi connectivity index (χ4v) is 1.44. The molecule has 0 saturated heterocycles. The summed E-state index contributed by atoms with van der Waals surface area (Å²) in [5, 5.41) is 10.7. The van der Waals surface area contributed by atoms with Gasteiger partial charge in [-0.2, -0.15) is 4.98 Å². The monoisotopic (exact) mass is 284 g/mol. The molecule has 0 aliphatic carbocycles. The average Bonchev–Trinajstić information content (AvgIpc) is 2.32. The van der Waals surface area contributed by atoms with Crippen molar-refractivity contribution in [3.8, 4) is 11.6 Å². The Morgan fingerprint density at radius 1 is 1.47 bits per heavy atom. The quantitative estimate of drug-likeness (QED) is 0.686. The van der Waals surface area contributed by atoms with E-state index in [9.17, 15) is 14.5 Å². The van der Waals surface area contributed by atoms with Gasteiger partial charge in [-0.05, 0) is 18.2 Å². The number of nitrogen functional groups attached to an aromatic ring is 1. The molecule has 0 amide bonds. The Morgan fingerprint density at radius 3 is 2.84 bits per heavy atom. The third-order valence-corrected chi connectivity index (χ3v) is 2.35. The van der Waals surface area contributed by atoms with Crippen molar-refractivity contribution < 1.29 is 14.1 Å². The van der Waals surface area contributed by atoms with Crippen molar-refractivity contribution in [3.05, 3.63) is 45.4 Å². The van der Waals surface area contributed by atoms with Crippen LogP contribution in [0.25, 0.3) is 0 Å². The third-order valence-electron chi connectivity index (χ3n) is 2.05. The number of aromatic nitrogens is 2. The molecule has 9 heteroatoms. The second-order valence-electron chi connectivity index (χ2n) is 3.35. The summed E-state index contributed by atoms with van der Waals surface area (Å²) in [7, 11) is 0. The molecule has 0 unspecified atom stereocenters. The minimum atomic E-state index is -0.730. The van der Waals surface area contributed by atoms with Crippen LogP contribution in [0.5, 0.6) is 11.6 Å². The molecule has 0 saturated carbocycles. The van der Waals surface area contributed by atoms with E-state index in [-0.39, 0.29) is 22.6 Å². The Kier molecular flexibility index (Phi) is 3.43. The molecule has 1 aromatic heterocycles. The highest BCUT2D eigenvalue weighted by Gasteiger charge is 2.20. The number of nitrogens with two attached hydrogens (primary N) is 1. The molecule has 2 aromatic rings. The predicted octanol–water partition coefficient (Wildman–Crippen LogP) is 2.55. The SMILES string of the molecule is Nc1ncc([N+](=O)[O-])c(Oc2ccc(F)cc2Cl)n1. The second kappa shape index (κ2) is 5.02. The van der Waals surface area contributed by atoms with Gasteiger partial charge in [-0.15, -0.1) is 0 Å². The van der Waals surface area contributed by atoms with Crippen molar-refractivity contribution in [2.75, 3.05) is 5.73 Å². The highest BCUT2D eigenvalue weighted by Crippen LogP contribution is 2.33. The molecule has 2 rings (SSSR count). The van der Waals surface area contributed by atoms with Crippen LogP contribution < -0.4 is 10.5 Å². The Morgan fingerprint density at radius 2 is 2.21 bits per heavy atom. The molecular formula is C10H6ClFN4O3. The first kappa shape index (κ1) is 13.0. The second-order valence-corrected chi connectivity index (χ2v) is 3.76. The molecule has 0 aliphatic heterocycles. The van der Waals surface area contributed by atoms with Crippen LogP contribution >= 0.6 is 11.6 Å². The van der Waals surface area contributed by atoms with Gasteiger partial charge < -0.3 is 10.5 Å². The molecule has 0 radical (unpaired) electrons. The predicted molar refractivity (Wildman–Crippen MR) is 64.6 cm³/mol. The van der Waals surface area contributed by atoms with E-state index in [1.165, 1.54) is 6.07 Å². The molecule has 2 N–H and O–H groups in total. The van der Waals surface area contributed by atoms with Gasteiger partial charge in [-0.25, -0.2) is 9.37 Å². The van der Waals surface area contributed by atoms with Crippen molar-refractivity contribution in [2.24, 2.45) is 0 Å². The summed E-state index contributed by atoms with van der Waals surface area (Å²) >= 11 is 5.74.